The summed E-state index contributed by atoms with van der Waals surface area (Å²) in [5.74, 6) is 0.818. The number of hydrogen-bond acceptors (Lipinski definition) is 4. The Balaban J connectivity index is 1.80. The summed E-state index contributed by atoms with van der Waals surface area (Å²) in [7, 11) is 0. The minimum atomic E-state index is -0.340. The van der Waals surface area contributed by atoms with Crippen LogP contribution in [0.3, 0.4) is 0 Å². The molecule has 5 heteroatoms. The molecule has 3 rings (SSSR count). The van der Waals surface area contributed by atoms with E-state index in [0.29, 0.717) is 0 Å². The molecule has 130 valence electrons. The molecule has 2 aromatic carbocycles. The molecule has 0 radical (unpaired) electrons. The van der Waals surface area contributed by atoms with E-state index in [1.54, 1.807) is 0 Å². The van der Waals surface area contributed by atoms with Gasteiger partial charge in [0.1, 0.15) is 0 Å². The summed E-state index contributed by atoms with van der Waals surface area (Å²) in [6.45, 7) is 9.27. The lowest BCUT2D eigenvalue weighted by molar-refractivity contribution is 0.375. The number of nitrogens with zero attached hydrogens (tertiary/aromatic N) is 4. The normalized spacial score (nSPS) is 11.7. The van der Waals surface area contributed by atoms with E-state index >= 15 is 0 Å². The molecule has 0 fully saturated rings. The maximum atomic E-state index is 4.31. The number of aromatic nitrogens is 4. The standard InChI is InChI=1S/C20H25N5/c1-15-9-8-10-16(2)18(15)25-19(22-23-24-25)20(3,4)21-14-13-17-11-6-5-7-12-17/h5-12,21H,13-14H2,1-4H3. The fourth-order valence-electron chi connectivity index (χ4n) is 3.11. The Bertz CT molecular complexity index is 816. The fourth-order valence-corrected chi connectivity index (χ4v) is 3.11. The van der Waals surface area contributed by atoms with Crippen LogP contribution in [-0.4, -0.2) is 26.8 Å². The van der Waals surface area contributed by atoms with Gasteiger partial charge < -0.3 is 5.32 Å². The Morgan fingerprint density at radius 2 is 1.64 bits per heavy atom. The maximum absolute atomic E-state index is 4.31. The first kappa shape index (κ1) is 17.3. The molecule has 0 aliphatic carbocycles. The molecule has 0 atom stereocenters. The topological polar surface area (TPSA) is 55.6 Å². The first-order chi connectivity index (χ1) is 12.0. The van der Waals surface area contributed by atoms with E-state index in [-0.39, 0.29) is 5.54 Å². The summed E-state index contributed by atoms with van der Waals surface area (Å²) in [5.41, 5.74) is 4.36. The fraction of sp³-hybridized carbons (Fsp3) is 0.350. The van der Waals surface area contributed by atoms with Crippen LogP contribution in [0, 0.1) is 13.8 Å². The second kappa shape index (κ2) is 7.15. The van der Waals surface area contributed by atoms with E-state index in [2.05, 4.69) is 91.0 Å². The molecule has 0 aliphatic rings. The molecule has 1 heterocycles. The van der Waals surface area contributed by atoms with Crippen molar-refractivity contribution in [2.75, 3.05) is 6.54 Å². The molecule has 0 saturated carbocycles. The second-order valence-electron chi connectivity index (χ2n) is 6.94. The van der Waals surface area contributed by atoms with Crippen molar-refractivity contribution in [3.8, 4) is 5.69 Å². The van der Waals surface area contributed by atoms with Gasteiger partial charge in [-0.15, -0.1) is 5.10 Å². The Morgan fingerprint density at radius 3 is 2.32 bits per heavy atom. The van der Waals surface area contributed by atoms with Crippen molar-refractivity contribution in [2.45, 2.75) is 39.7 Å². The minimum absolute atomic E-state index is 0.340. The van der Waals surface area contributed by atoms with Gasteiger partial charge in [0.2, 0.25) is 0 Å². The van der Waals surface area contributed by atoms with E-state index in [0.717, 1.165) is 35.6 Å². The van der Waals surface area contributed by atoms with Crippen LogP contribution in [-0.2, 0) is 12.0 Å². The highest BCUT2D eigenvalue weighted by Gasteiger charge is 2.28. The van der Waals surface area contributed by atoms with Gasteiger partial charge in [0.05, 0.1) is 11.2 Å². The first-order valence-electron chi connectivity index (χ1n) is 8.63. The Hall–Kier alpha value is -2.53. The third-order valence-corrected chi connectivity index (χ3v) is 4.50. The number of benzene rings is 2. The SMILES string of the molecule is Cc1cccc(C)c1-n1nnnc1C(C)(C)NCCc1ccccc1. The van der Waals surface area contributed by atoms with Gasteiger partial charge in [0.25, 0.3) is 0 Å². The van der Waals surface area contributed by atoms with Crippen molar-refractivity contribution in [3.63, 3.8) is 0 Å². The number of aryl methyl sites for hydroxylation is 2. The monoisotopic (exact) mass is 335 g/mol. The van der Waals surface area contributed by atoms with Crippen LogP contribution in [0.25, 0.3) is 5.69 Å². The van der Waals surface area contributed by atoms with E-state index < -0.39 is 0 Å². The van der Waals surface area contributed by atoms with Crippen LogP contribution in [0.4, 0.5) is 0 Å². The van der Waals surface area contributed by atoms with E-state index in [9.17, 15) is 0 Å². The molecular weight excluding hydrogens is 310 g/mol. The van der Waals surface area contributed by atoms with Gasteiger partial charge in [-0.1, -0.05) is 48.5 Å². The highest BCUT2D eigenvalue weighted by Crippen LogP contribution is 2.24. The summed E-state index contributed by atoms with van der Waals surface area (Å²) < 4.78 is 1.86. The van der Waals surface area contributed by atoms with E-state index in [1.165, 1.54) is 5.56 Å². The van der Waals surface area contributed by atoms with Crippen molar-refractivity contribution in [3.05, 3.63) is 71.0 Å². The summed E-state index contributed by atoms with van der Waals surface area (Å²) in [5, 5.41) is 16.1. The van der Waals surface area contributed by atoms with Crippen molar-refractivity contribution < 1.29 is 0 Å². The van der Waals surface area contributed by atoms with E-state index in [4.69, 9.17) is 0 Å². The summed E-state index contributed by atoms with van der Waals surface area (Å²) >= 11 is 0. The highest BCUT2D eigenvalue weighted by atomic mass is 15.6. The quantitative estimate of drug-likeness (QED) is 0.750. The average molecular weight is 335 g/mol. The lowest BCUT2D eigenvalue weighted by Crippen LogP contribution is -2.40. The van der Waals surface area contributed by atoms with Gasteiger partial charge in [-0.3, -0.25) is 0 Å². The molecule has 3 aromatic rings. The molecule has 5 nitrogen and oxygen atoms in total. The highest BCUT2D eigenvalue weighted by molar-refractivity contribution is 5.46. The number of hydrogen-bond donors (Lipinski definition) is 1. The van der Waals surface area contributed by atoms with Crippen LogP contribution in [0.2, 0.25) is 0 Å². The van der Waals surface area contributed by atoms with Crippen LogP contribution < -0.4 is 5.32 Å². The van der Waals surface area contributed by atoms with Crippen molar-refractivity contribution in [1.82, 2.24) is 25.5 Å². The number of tetrazole rings is 1. The predicted molar refractivity (Wildman–Crippen MR) is 99.8 cm³/mol. The Labute approximate surface area is 149 Å². The van der Waals surface area contributed by atoms with Crippen molar-refractivity contribution >= 4 is 0 Å². The molecule has 0 bridgehead atoms. The number of rotatable bonds is 6. The third-order valence-electron chi connectivity index (χ3n) is 4.50. The molecule has 0 aliphatic heterocycles. The smallest absolute Gasteiger partial charge is 0.176 e. The summed E-state index contributed by atoms with van der Waals surface area (Å²) in [6, 6.07) is 16.7. The molecule has 1 aromatic heterocycles. The molecule has 25 heavy (non-hydrogen) atoms. The Morgan fingerprint density at radius 1 is 0.960 bits per heavy atom. The maximum Gasteiger partial charge on any atom is 0.176 e. The van der Waals surface area contributed by atoms with Crippen LogP contribution >= 0.6 is 0 Å². The molecular formula is C20H25N5. The lowest BCUT2D eigenvalue weighted by Gasteiger charge is -2.26. The van der Waals surface area contributed by atoms with Gasteiger partial charge in [-0.05, 0) is 61.2 Å². The van der Waals surface area contributed by atoms with E-state index in [1.807, 2.05) is 10.7 Å². The molecule has 0 amide bonds. The average Bonchev–Trinajstić information content (AvgIpc) is 3.06. The molecule has 0 saturated heterocycles. The lowest BCUT2D eigenvalue weighted by atomic mass is 10.0. The predicted octanol–water partition coefficient (Wildman–Crippen LogP) is 3.35. The zero-order valence-corrected chi connectivity index (χ0v) is 15.3. The largest absolute Gasteiger partial charge is 0.305 e. The van der Waals surface area contributed by atoms with Crippen LogP contribution in [0.15, 0.2) is 48.5 Å². The minimum Gasteiger partial charge on any atom is -0.305 e. The van der Waals surface area contributed by atoms with Crippen LogP contribution in [0.5, 0.6) is 0 Å². The zero-order valence-electron chi connectivity index (χ0n) is 15.3. The first-order valence-corrected chi connectivity index (χ1v) is 8.63. The van der Waals surface area contributed by atoms with Gasteiger partial charge in [0, 0.05) is 6.54 Å². The summed E-state index contributed by atoms with van der Waals surface area (Å²) in [6.07, 6.45) is 0.967. The van der Waals surface area contributed by atoms with Gasteiger partial charge in [-0.25, -0.2) is 0 Å². The third kappa shape index (κ3) is 3.77. The molecule has 0 spiro atoms. The molecule has 0 unspecified atom stereocenters. The van der Waals surface area contributed by atoms with Crippen molar-refractivity contribution in [1.29, 1.82) is 0 Å². The van der Waals surface area contributed by atoms with Gasteiger partial charge >= 0.3 is 0 Å². The second-order valence-corrected chi connectivity index (χ2v) is 6.94. The number of nitrogens with one attached hydrogen (secondary N) is 1. The van der Waals surface area contributed by atoms with Gasteiger partial charge in [-0.2, -0.15) is 4.68 Å². The van der Waals surface area contributed by atoms with Gasteiger partial charge in [0.15, 0.2) is 5.82 Å². The van der Waals surface area contributed by atoms with Crippen molar-refractivity contribution in [2.24, 2.45) is 0 Å². The summed E-state index contributed by atoms with van der Waals surface area (Å²) in [4.78, 5) is 0. The zero-order chi connectivity index (χ0) is 17.9. The number of para-hydroxylation sites is 1. The molecule has 1 N–H and O–H groups in total. The Kier molecular flexibility index (Phi) is 4.95. The van der Waals surface area contributed by atoms with Crippen LogP contribution in [0.1, 0.15) is 36.4 Å².